The van der Waals surface area contributed by atoms with E-state index in [2.05, 4.69) is 20.9 Å². The molecule has 1 aliphatic heterocycles. The number of hydrogen-bond donors (Lipinski definition) is 0. The summed E-state index contributed by atoms with van der Waals surface area (Å²) in [5.41, 5.74) is 1.28. The fourth-order valence-electron chi connectivity index (χ4n) is 4.06. The first-order valence-corrected chi connectivity index (χ1v) is 14.5. The van der Waals surface area contributed by atoms with E-state index in [0.717, 1.165) is 14.9 Å². The standard InChI is InChI=1S/C28H22BrClN2O4S2/c1-15(2)35-26(34)23-16(3)31-28-32(24(23)17-9-11-18(30)12-10-17)25(33)22(38-28)14-19-13-21(29)27(36-19)37-20-7-5-4-6-8-20/h4-15,24H,1-3H3/b22-14+/t24-/m1/s1. The molecular formula is C28H22BrClN2O4S2. The minimum atomic E-state index is -0.704. The van der Waals surface area contributed by atoms with Gasteiger partial charge in [0.1, 0.15) is 5.76 Å². The molecule has 0 saturated carbocycles. The van der Waals surface area contributed by atoms with Crippen molar-refractivity contribution in [1.82, 2.24) is 4.57 Å². The van der Waals surface area contributed by atoms with Crippen LogP contribution in [0.5, 0.6) is 0 Å². The SMILES string of the molecule is CC1=C(C(=O)OC(C)C)[C@@H](c2ccc(Cl)cc2)n2c(s/c(=C/c3cc(Br)c(Sc4ccccc4)o3)c2=O)=N1. The fraction of sp³-hybridized carbons (Fsp3) is 0.179. The maximum Gasteiger partial charge on any atom is 0.338 e. The molecule has 0 radical (unpaired) electrons. The second-order valence-electron chi connectivity index (χ2n) is 8.79. The summed E-state index contributed by atoms with van der Waals surface area (Å²) >= 11 is 12.4. The molecule has 0 saturated heterocycles. The Morgan fingerprint density at radius 1 is 1.21 bits per heavy atom. The summed E-state index contributed by atoms with van der Waals surface area (Å²) in [5.74, 6) is 0.0202. The third-order valence-electron chi connectivity index (χ3n) is 5.67. The van der Waals surface area contributed by atoms with Gasteiger partial charge in [0.25, 0.3) is 5.56 Å². The lowest BCUT2D eigenvalue weighted by atomic mass is 9.96. The van der Waals surface area contributed by atoms with Crippen LogP contribution >= 0.6 is 50.6 Å². The molecule has 1 atom stereocenters. The number of allylic oxidation sites excluding steroid dienone is 1. The van der Waals surface area contributed by atoms with Gasteiger partial charge < -0.3 is 9.15 Å². The molecule has 10 heteroatoms. The lowest BCUT2D eigenvalue weighted by Gasteiger charge is -2.25. The number of fused-ring (bicyclic) bond motifs is 1. The number of hydrogen-bond acceptors (Lipinski definition) is 7. The van der Waals surface area contributed by atoms with E-state index in [1.165, 1.54) is 23.1 Å². The van der Waals surface area contributed by atoms with Gasteiger partial charge >= 0.3 is 5.97 Å². The smallest absolute Gasteiger partial charge is 0.338 e. The molecule has 5 rings (SSSR count). The van der Waals surface area contributed by atoms with E-state index in [4.69, 9.17) is 20.8 Å². The van der Waals surface area contributed by atoms with Crippen LogP contribution in [0.4, 0.5) is 0 Å². The zero-order valence-electron chi connectivity index (χ0n) is 20.6. The number of thiazole rings is 1. The van der Waals surface area contributed by atoms with Crippen LogP contribution in [0.1, 0.15) is 38.1 Å². The highest BCUT2D eigenvalue weighted by molar-refractivity contribution is 9.10. The van der Waals surface area contributed by atoms with Gasteiger partial charge in [-0.2, -0.15) is 0 Å². The number of carbonyl (C=O) groups excluding carboxylic acids is 1. The number of esters is 1. The molecule has 2 aromatic carbocycles. The maximum absolute atomic E-state index is 13.8. The molecule has 194 valence electrons. The third kappa shape index (κ3) is 5.47. The lowest BCUT2D eigenvalue weighted by molar-refractivity contribution is -0.143. The summed E-state index contributed by atoms with van der Waals surface area (Å²) in [6.07, 6.45) is 1.38. The van der Waals surface area contributed by atoms with E-state index in [1.54, 1.807) is 43.5 Å². The van der Waals surface area contributed by atoms with Crippen LogP contribution in [-0.4, -0.2) is 16.6 Å². The molecule has 0 bridgehead atoms. The van der Waals surface area contributed by atoms with Crippen LogP contribution in [0.25, 0.3) is 6.08 Å². The van der Waals surface area contributed by atoms with Gasteiger partial charge in [0.15, 0.2) is 9.89 Å². The van der Waals surface area contributed by atoms with Gasteiger partial charge in [-0.05, 0) is 72.6 Å². The zero-order chi connectivity index (χ0) is 27.0. The molecule has 0 aliphatic carbocycles. The van der Waals surface area contributed by atoms with Crippen molar-refractivity contribution in [2.75, 3.05) is 0 Å². The summed E-state index contributed by atoms with van der Waals surface area (Å²) in [6, 6.07) is 18.1. The molecule has 3 heterocycles. The summed E-state index contributed by atoms with van der Waals surface area (Å²) < 4.78 is 14.4. The minimum absolute atomic E-state index is 0.277. The van der Waals surface area contributed by atoms with Crippen LogP contribution in [0, 0.1) is 0 Å². The zero-order valence-corrected chi connectivity index (χ0v) is 24.6. The topological polar surface area (TPSA) is 73.8 Å². The highest BCUT2D eigenvalue weighted by Crippen LogP contribution is 2.36. The van der Waals surface area contributed by atoms with Crippen molar-refractivity contribution in [2.24, 2.45) is 4.99 Å². The van der Waals surface area contributed by atoms with E-state index < -0.39 is 12.0 Å². The Morgan fingerprint density at radius 2 is 1.92 bits per heavy atom. The van der Waals surface area contributed by atoms with Crippen LogP contribution in [0.15, 0.2) is 101 Å². The summed E-state index contributed by atoms with van der Waals surface area (Å²) in [7, 11) is 0. The minimum Gasteiger partial charge on any atom is -0.459 e. The van der Waals surface area contributed by atoms with Crippen molar-refractivity contribution in [1.29, 1.82) is 0 Å². The second kappa shape index (κ2) is 11.1. The molecular weight excluding hydrogens is 608 g/mol. The number of furan rings is 1. The molecule has 0 fully saturated rings. The Balaban J connectivity index is 1.61. The van der Waals surface area contributed by atoms with Gasteiger partial charge in [0, 0.05) is 16.0 Å². The van der Waals surface area contributed by atoms with Gasteiger partial charge in [-0.15, -0.1) is 0 Å². The number of ether oxygens (including phenoxy) is 1. The molecule has 6 nitrogen and oxygen atoms in total. The molecule has 0 amide bonds. The number of halogens is 2. The average molecular weight is 630 g/mol. The second-order valence-corrected chi connectivity index (χ2v) is 12.1. The highest BCUT2D eigenvalue weighted by Gasteiger charge is 2.33. The Hall–Kier alpha value is -2.85. The maximum atomic E-state index is 13.8. The molecule has 4 aromatic rings. The average Bonchev–Trinajstić information content (AvgIpc) is 3.37. The normalized spacial score (nSPS) is 15.5. The number of nitrogens with zero attached hydrogens (tertiary/aromatic N) is 2. The molecule has 0 unspecified atom stereocenters. The van der Waals surface area contributed by atoms with Crippen LogP contribution in [0.3, 0.4) is 0 Å². The van der Waals surface area contributed by atoms with Crippen molar-refractivity contribution >= 4 is 62.7 Å². The van der Waals surface area contributed by atoms with E-state index in [0.29, 0.717) is 36.5 Å². The van der Waals surface area contributed by atoms with Crippen molar-refractivity contribution in [2.45, 2.75) is 42.9 Å². The fourth-order valence-corrected chi connectivity index (χ4v) is 6.56. The number of aromatic nitrogens is 1. The summed E-state index contributed by atoms with van der Waals surface area (Å²) in [4.78, 5) is 33.1. The molecule has 38 heavy (non-hydrogen) atoms. The Morgan fingerprint density at radius 3 is 2.61 bits per heavy atom. The van der Waals surface area contributed by atoms with E-state index in [-0.39, 0.29) is 11.7 Å². The third-order valence-corrected chi connectivity index (χ3v) is 8.75. The van der Waals surface area contributed by atoms with Crippen LogP contribution in [-0.2, 0) is 9.53 Å². The quantitative estimate of drug-likeness (QED) is 0.233. The van der Waals surface area contributed by atoms with E-state index >= 15 is 0 Å². The van der Waals surface area contributed by atoms with Crippen LogP contribution < -0.4 is 14.9 Å². The van der Waals surface area contributed by atoms with Crippen LogP contribution in [0.2, 0.25) is 5.02 Å². The predicted molar refractivity (Wildman–Crippen MR) is 153 cm³/mol. The highest BCUT2D eigenvalue weighted by atomic mass is 79.9. The Labute approximate surface area is 240 Å². The van der Waals surface area contributed by atoms with Crippen molar-refractivity contribution in [3.63, 3.8) is 0 Å². The number of carbonyl (C=O) groups is 1. The number of rotatable bonds is 6. The number of benzene rings is 2. The van der Waals surface area contributed by atoms with E-state index in [9.17, 15) is 9.59 Å². The van der Waals surface area contributed by atoms with Crippen molar-refractivity contribution < 1.29 is 13.9 Å². The van der Waals surface area contributed by atoms with Gasteiger partial charge in [0.05, 0.1) is 32.4 Å². The molecule has 0 N–H and O–H groups in total. The lowest BCUT2D eigenvalue weighted by Crippen LogP contribution is -2.40. The molecule has 1 aliphatic rings. The van der Waals surface area contributed by atoms with Crippen molar-refractivity contribution in [3.05, 3.63) is 112 Å². The molecule has 0 spiro atoms. The summed E-state index contributed by atoms with van der Waals surface area (Å²) in [6.45, 7) is 5.33. The predicted octanol–water partition coefficient (Wildman–Crippen LogP) is 6.35. The van der Waals surface area contributed by atoms with Gasteiger partial charge in [0.2, 0.25) is 0 Å². The van der Waals surface area contributed by atoms with Crippen molar-refractivity contribution in [3.8, 4) is 0 Å². The first-order chi connectivity index (χ1) is 18.2. The van der Waals surface area contributed by atoms with Gasteiger partial charge in [-0.1, -0.05) is 65.0 Å². The van der Waals surface area contributed by atoms with E-state index in [1.807, 2.05) is 48.5 Å². The first kappa shape index (κ1) is 26.7. The largest absolute Gasteiger partial charge is 0.459 e. The van der Waals surface area contributed by atoms with Gasteiger partial charge in [-0.3, -0.25) is 9.36 Å². The first-order valence-electron chi connectivity index (χ1n) is 11.7. The Bertz CT molecular complexity index is 1720. The Kier molecular flexibility index (Phi) is 7.81. The monoisotopic (exact) mass is 628 g/mol. The summed E-state index contributed by atoms with van der Waals surface area (Å²) in [5, 5.41) is 1.24. The molecule has 2 aromatic heterocycles. The van der Waals surface area contributed by atoms with Gasteiger partial charge in [-0.25, -0.2) is 9.79 Å².